The van der Waals surface area contributed by atoms with E-state index in [0.29, 0.717) is 17.2 Å². The molecule has 1 aliphatic rings. The van der Waals surface area contributed by atoms with E-state index < -0.39 is 5.97 Å². The standard InChI is InChI=1S/C15H23NO3S/c1-10(2)9-11-12(13(17)18)20-14(16-11)15(19-3)7-5-4-6-8-15/h10H,4-9H2,1-3H3,(H,17,18). The van der Waals surface area contributed by atoms with Crippen LogP contribution in [-0.4, -0.2) is 23.2 Å². The average Bonchev–Trinajstić information content (AvgIpc) is 2.83. The van der Waals surface area contributed by atoms with Crippen molar-refractivity contribution in [2.45, 2.75) is 58.0 Å². The van der Waals surface area contributed by atoms with Gasteiger partial charge in [0, 0.05) is 7.11 Å². The summed E-state index contributed by atoms with van der Waals surface area (Å²) in [7, 11) is 1.72. The third-order valence-electron chi connectivity index (χ3n) is 3.93. The van der Waals surface area contributed by atoms with Gasteiger partial charge in [0.2, 0.25) is 0 Å². The minimum Gasteiger partial charge on any atom is -0.477 e. The van der Waals surface area contributed by atoms with Crippen molar-refractivity contribution in [2.75, 3.05) is 7.11 Å². The summed E-state index contributed by atoms with van der Waals surface area (Å²) < 4.78 is 5.77. The number of ether oxygens (including phenoxy) is 1. The molecule has 0 atom stereocenters. The molecule has 20 heavy (non-hydrogen) atoms. The molecule has 4 nitrogen and oxygen atoms in total. The molecule has 112 valence electrons. The molecule has 0 aromatic carbocycles. The second-order valence-corrected chi connectivity index (χ2v) is 6.96. The van der Waals surface area contributed by atoms with Crippen LogP contribution in [0, 0.1) is 5.92 Å². The predicted molar refractivity (Wildman–Crippen MR) is 79.4 cm³/mol. The SMILES string of the molecule is COC1(c2nc(CC(C)C)c(C(=O)O)s2)CCCCC1. The Morgan fingerprint density at radius 1 is 1.40 bits per heavy atom. The van der Waals surface area contributed by atoms with Crippen LogP contribution in [0.15, 0.2) is 0 Å². The van der Waals surface area contributed by atoms with Crippen molar-refractivity contribution in [3.63, 3.8) is 0 Å². The second-order valence-electron chi connectivity index (χ2n) is 5.96. The largest absolute Gasteiger partial charge is 0.477 e. The lowest BCUT2D eigenvalue weighted by Crippen LogP contribution is -2.31. The summed E-state index contributed by atoms with van der Waals surface area (Å²) in [6.07, 6.45) is 6.05. The number of carboxylic acids is 1. The van der Waals surface area contributed by atoms with Gasteiger partial charge < -0.3 is 9.84 Å². The van der Waals surface area contributed by atoms with Gasteiger partial charge in [-0.1, -0.05) is 33.1 Å². The molecular weight excluding hydrogens is 274 g/mol. The maximum atomic E-state index is 11.4. The van der Waals surface area contributed by atoms with E-state index in [1.165, 1.54) is 17.8 Å². The zero-order valence-corrected chi connectivity index (χ0v) is 13.3. The molecule has 2 rings (SSSR count). The molecule has 0 radical (unpaired) electrons. The van der Waals surface area contributed by atoms with Crippen molar-refractivity contribution in [2.24, 2.45) is 5.92 Å². The van der Waals surface area contributed by atoms with Gasteiger partial charge in [0.15, 0.2) is 0 Å². The molecule has 0 amide bonds. The molecule has 5 heteroatoms. The Kier molecular flexibility index (Phi) is 4.81. The Morgan fingerprint density at radius 3 is 2.55 bits per heavy atom. The van der Waals surface area contributed by atoms with E-state index in [9.17, 15) is 9.90 Å². The maximum absolute atomic E-state index is 11.4. The molecule has 1 aromatic rings. The monoisotopic (exact) mass is 297 g/mol. The molecule has 1 aromatic heterocycles. The smallest absolute Gasteiger partial charge is 0.347 e. The van der Waals surface area contributed by atoms with Crippen LogP contribution in [0.1, 0.15) is 66.3 Å². The summed E-state index contributed by atoms with van der Waals surface area (Å²) in [4.78, 5) is 16.5. The van der Waals surface area contributed by atoms with Crippen molar-refractivity contribution in [1.29, 1.82) is 0 Å². The van der Waals surface area contributed by atoms with Crippen molar-refractivity contribution in [1.82, 2.24) is 4.98 Å². The Hall–Kier alpha value is -0.940. The number of nitrogens with zero attached hydrogens (tertiary/aromatic N) is 1. The Morgan fingerprint density at radius 2 is 2.05 bits per heavy atom. The molecule has 0 bridgehead atoms. The third kappa shape index (κ3) is 3.04. The van der Waals surface area contributed by atoms with Gasteiger partial charge in [-0.25, -0.2) is 9.78 Å². The first-order valence-electron chi connectivity index (χ1n) is 7.27. The number of methoxy groups -OCH3 is 1. The second kappa shape index (κ2) is 6.22. The van der Waals surface area contributed by atoms with E-state index in [4.69, 9.17) is 4.74 Å². The number of hydrogen-bond donors (Lipinski definition) is 1. The fourth-order valence-corrected chi connectivity index (χ4v) is 4.02. The normalized spacial score (nSPS) is 18.4. The van der Waals surface area contributed by atoms with Crippen molar-refractivity contribution >= 4 is 17.3 Å². The molecule has 0 spiro atoms. The number of rotatable bonds is 5. The quantitative estimate of drug-likeness (QED) is 0.897. The van der Waals surface area contributed by atoms with Crippen LogP contribution in [0.4, 0.5) is 0 Å². The summed E-state index contributed by atoms with van der Waals surface area (Å²) in [5.41, 5.74) is 0.358. The summed E-state index contributed by atoms with van der Waals surface area (Å²) in [6, 6.07) is 0. The summed E-state index contributed by atoms with van der Waals surface area (Å²) in [5, 5.41) is 10.2. The van der Waals surface area contributed by atoms with Gasteiger partial charge in [-0.15, -0.1) is 11.3 Å². The first kappa shape index (κ1) is 15.4. The van der Waals surface area contributed by atoms with Gasteiger partial charge in [-0.05, 0) is 25.2 Å². The van der Waals surface area contributed by atoms with Crippen molar-refractivity contribution < 1.29 is 14.6 Å². The van der Waals surface area contributed by atoms with Gasteiger partial charge in [0.1, 0.15) is 15.5 Å². The number of aromatic nitrogens is 1. The Labute approximate surface area is 124 Å². The van der Waals surface area contributed by atoms with E-state index in [-0.39, 0.29) is 5.60 Å². The highest BCUT2D eigenvalue weighted by molar-refractivity contribution is 7.13. The lowest BCUT2D eigenvalue weighted by molar-refractivity contribution is -0.0447. The summed E-state index contributed by atoms with van der Waals surface area (Å²) in [5.74, 6) is -0.473. The zero-order chi connectivity index (χ0) is 14.8. The zero-order valence-electron chi connectivity index (χ0n) is 12.4. The number of carboxylic acid groups (broad SMARTS) is 1. The third-order valence-corrected chi connectivity index (χ3v) is 5.21. The number of carbonyl (C=O) groups is 1. The van der Waals surface area contributed by atoms with Gasteiger partial charge in [0.25, 0.3) is 0 Å². The minimum absolute atomic E-state index is 0.359. The van der Waals surface area contributed by atoms with E-state index in [1.807, 2.05) is 0 Å². The fourth-order valence-electron chi connectivity index (χ4n) is 2.87. The van der Waals surface area contributed by atoms with Crippen molar-refractivity contribution in [3.05, 3.63) is 15.6 Å². The maximum Gasteiger partial charge on any atom is 0.347 e. The highest BCUT2D eigenvalue weighted by atomic mass is 32.1. The molecule has 1 saturated carbocycles. The van der Waals surface area contributed by atoms with Crippen LogP contribution >= 0.6 is 11.3 Å². The highest BCUT2D eigenvalue weighted by Gasteiger charge is 2.38. The lowest BCUT2D eigenvalue weighted by atomic mass is 9.85. The van der Waals surface area contributed by atoms with Gasteiger partial charge in [-0.3, -0.25) is 0 Å². The highest BCUT2D eigenvalue weighted by Crippen LogP contribution is 2.42. The van der Waals surface area contributed by atoms with Gasteiger partial charge >= 0.3 is 5.97 Å². The first-order valence-corrected chi connectivity index (χ1v) is 8.09. The molecule has 0 unspecified atom stereocenters. The van der Waals surface area contributed by atoms with Crippen LogP contribution in [0.3, 0.4) is 0 Å². The van der Waals surface area contributed by atoms with E-state index in [2.05, 4.69) is 18.8 Å². The van der Waals surface area contributed by atoms with Gasteiger partial charge in [-0.2, -0.15) is 0 Å². The summed E-state index contributed by atoms with van der Waals surface area (Å²) >= 11 is 1.30. The van der Waals surface area contributed by atoms with Crippen LogP contribution in [0.5, 0.6) is 0 Å². The molecule has 0 aliphatic heterocycles. The molecule has 1 heterocycles. The molecule has 1 aliphatic carbocycles. The molecule has 1 N–H and O–H groups in total. The van der Waals surface area contributed by atoms with Crippen LogP contribution in [0.25, 0.3) is 0 Å². The Bertz CT molecular complexity index is 475. The minimum atomic E-state index is -0.869. The van der Waals surface area contributed by atoms with Crippen molar-refractivity contribution in [3.8, 4) is 0 Å². The summed E-state index contributed by atoms with van der Waals surface area (Å²) in [6.45, 7) is 4.16. The number of hydrogen-bond acceptors (Lipinski definition) is 4. The topological polar surface area (TPSA) is 59.4 Å². The molecule has 0 saturated heterocycles. The fraction of sp³-hybridized carbons (Fsp3) is 0.733. The van der Waals surface area contributed by atoms with Crippen LogP contribution in [-0.2, 0) is 16.8 Å². The van der Waals surface area contributed by atoms with E-state index >= 15 is 0 Å². The molecular formula is C15H23NO3S. The Balaban J connectivity index is 2.38. The van der Waals surface area contributed by atoms with E-state index in [1.54, 1.807) is 7.11 Å². The van der Waals surface area contributed by atoms with Crippen LogP contribution in [0.2, 0.25) is 0 Å². The van der Waals surface area contributed by atoms with Gasteiger partial charge in [0.05, 0.1) is 5.69 Å². The number of aromatic carboxylic acids is 1. The predicted octanol–water partition coefficient (Wildman–Crippen LogP) is 3.85. The number of thiazole rings is 1. The lowest BCUT2D eigenvalue weighted by Gasteiger charge is -2.34. The van der Waals surface area contributed by atoms with E-state index in [0.717, 1.165) is 36.4 Å². The van der Waals surface area contributed by atoms with Crippen LogP contribution < -0.4 is 0 Å². The molecule has 1 fully saturated rings. The first-order chi connectivity index (χ1) is 9.48. The average molecular weight is 297 g/mol.